The molecule has 1 saturated heterocycles. The highest BCUT2D eigenvalue weighted by atomic mass is 16.1. The Hall–Kier alpha value is -1.88. The predicted molar refractivity (Wildman–Crippen MR) is 127 cm³/mol. The highest BCUT2D eigenvalue weighted by Crippen LogP contribution is 2.32. The largest absolute Gasteiger partial charge is 0.385 e. The van der Waals surface area contributed by atoms with Crippen LogP contribution in [0.5, 0.6) is 0 Å². The molecule has 5 nitrogen and oxygen atoms in total. The molecule has 1 unspecified atom stereocenters. The average Bonchev–Trinajstić information content (AvgIpc) is 2.71. The molecular weight excluding hydrogens is 372 g/mol. The number of benzene rings is 1. The van der Waals surface area contributed by atoms with E-state index in [-0.39, 0.29) is 11.6 Å². The lowest BCUT2D eigenvalue weighted by atomic mass is 9.90. The molecule has 0 spiro atoms. The maximum Gasteiger partial charge on any atom is 0.261 e. The average molecular weight is 413 g/mol. The first-order chi connectivity index (χ1) is 14.5. The summed E-state index contributed by atoms with van der Waals surface area (Å²) in [7, 11) is 0. The molecule has 2 heterocycles. The zero-order chi connectivity index (χ0) is 21.7. The van der Waals surface area contributed by atoms with Gasteiger partial charge in [-0.3, -0.25) is 14.3 Å². The van der Waals surface area contributed by atoms with Crippen LogP contribution in [0.25, 0.3) is 10.9 Å². The van der Waals surface area contributed by atoms with E-state index in [2.05, 4.69) is 50.9 Å². The lowest BCUT2D eigenvalue weighted by Gasteiger charge is -2.40. The lowest BCUT2D eigenvalue weighted by Crippen LogP contribution is -2.43. The number of hydrogen-bond acceptors (Lipinski definition) is 4. The van der Waals surface area contributed by atoms with Crippen LogP contribution in [0.3, 0.4) is 0 Å². The van der Waals surface area contributed by atoms with Gasteiger partial charge in [-0.25, -0.2) is 4.98 Å². The Morgan fingerprint density at radius 2 is 1.87 bits per heavy atom. The van der Waals surface area contributed by atoms with Crippen molar-refractivity contribution in [1.29, 1.82) is 0 Å². The summed E-state index contributed by atoms with van der Waals surface area (Å²) >= 11 is 0. The third-order valence-electron chi connectivity index (χ3n) is 6.36. The van der Waals surface area contributed by atoms with Crippen LogP contribution in [0.1, 0.15) is 78.6 Å². The molecule has 0 aliphatic carbocycles. The number of anilines is 1. The molecule has 1 fully saturated rings. The quantitative estimate of drug-likeness (QED) is 0.557. The number of unbranched alkanes of at least 4 members (excludes halogenated alkanes) is 1. The molecule has 1 aromatic carbocycles. The van der Waals surface area contributed by atoms with Crippen molar-refractivity contribution in [3.05, 3.63) is 34.4 Å². The SMILES string of the molecule is CCCCNc1ccc2nc(C(CCC)N3C[C@H](C)C[C@H](C)C3)n(CC)c(=O)c2c1. The van der Waals surface area contributed by atoms with E-state index in [1.165, 1.54) is 6.42 Å². The fourth-order valence-corrected chi connectivity index (χ4v) is 5.03. The summed E-state index contributed by atoms with van der Waals surface area (Å²) in [6.07, 6.45) is 5.69. The van der Waals surface area contributed by atoms with Gasteiger partial charge in [0.15, 0.2) is 0 Å². The normalized spacial score (nSPS) is 21.1. The van der Waals surface area contributed by atoms with Crippen LogP contribution >= 0.6 is 0 Å². The first-order valence-corrected chi connectivity index (χ1v) is 12.0. The van der Waals surface area contributed by atoms with E-state index < -0.39 is 0 Å². The second-order valence-corrected chi connectivity index (χ2v) is 9.24. The van der Waals surface area contributed by atoms with Gasteiger partial charge in [-0.1, -0.05) is 40.5 Å². The van der Waals surface area contributed by atoms with Gasteiger partial charge in [-0.05, 0) is 56.2 Å². The van der Waals surface area contributed by atoms with E-state index in [0.29, 0.717) is 18.4 Å². The van der Waals surface area contributed by atoms with Crippen LogP contribution in [0.4, 0.5) is 5.69 Å². The molecule has 1 N–H and O–H groups in total. The minimum atomic E-state index is 0.0934. The maximum atomic E-state index is 13.5. The maximum absolute atomic E-state index is 13.5. The van der Waals surface area contributed by atoms with E-state index >= 15 is 0 Å². The highest BCUT2D eigenvalue weighted by molar-refractivity contribution is 5.81. The van der Waals surface area contributed by atoms with E-state index in [4.69, 9.17) is 4.98 Å². The molecule has 30 heavy (non-hydrogen) atoms. The standard InChI is InChI=1S/C25H40N4O/c1-6-9-13-26-20-11-12-22-21(15-20)25(30)29(8-3)24(27-22)23(10-7-2)28-16-18(4)14-19(5)17-28/h11-12,15,18-19,23,26H,6-10,13-14,16-17H2,1-5H3/t18-,19+,23?. The van der Waals surface area contributed by atoms with Crippen LogP contribution in [0.15, 0.2) is 23.0 Å². The van der Waals surface area contributed by atoms with Gasteiger partial charge >= 0.3 is 0 Å². The Morgan fingerprint density at radius 1 is 1.13 bits per heavy atom. The zero-order valence-electron chi connectivity index (χ0n) is 19.6. The summed E-state index contributed by atoms with van der Waals surface area (Å²) in [6, 6.07) is 6.26. The Balaban J connectivity index is 2.02. The Bertz CT molecular complexity index is 881. The lowest BCUT2D eigenvalue weighted by molar-refractivity contribution is 0.0836. The smallest absolute Gasteiger partial charge is 0.261 e. The van der Waals surface area contributed by atoms with Gasteiger partial charge in [0.2, 0.25) is 0 Å². The molecule has 0 bridgehead atoms. The molecule has 1 aromatic heterocycles. The second-order valence-electron chi connectivity index (χ2n) is 9.24. The van der Waals surface area contributed by atoms with Crippen molar-refractivity contribution in [2.24, 2.45) is 11.8 Å². The third-order valence-corrected chi connectivity index (χ3v) is 6.36. The highest BCUT2D eigenvalue weighted by Gasteiger charge is 2.30. The van der Waals surface area contributed by atoms with Crippen molar-refractivity contribution < 1.29 is 0 Å². The van der Waals surface area contributed by atoms with Crippen molar-refractivity contribution in [3.8, 4) is 0 Å². The third kappa shape index (κ3) is 5.05. The van der Waals surface area contributed by atoms with Crippen LogP contribution < -0.4 is 10.9 Å². The van der Waals surface area contributed by atoms with Crippen LogP contribution in [-0.4, -0.2) is 34.1 Å². The Kier molecular flexibility index (Phi) is 7.93. The summed E-state index contributed by atoms with van der Waals surface area (Å²) in [5, 5.41) is 4.16. The number of nitrogens with zero attached hydrogens (tertiary/aromatic N) is 3. The first kappa shape index (κ1) is 22.8. The van der Waals surface area contributed by atoms with E-state index in [9.17, 15) is 4.79 Å². The van der Waals surface area contributed by atoms with Crippen molar-refractivity contribution in [2.75, 3.05) is 25.0 Å². The molecule has 0 amide bonds. The van der Waals surface area contributed by atoms with Crippen LogP contribution in [0, 0.1) is 11.8 Å². The number of rotatable bonds is 9. The van der Waals surface area contributed by atoms with Crippen molar-refractivity contribution >= 4 is 16.6 Å². The predicted octanol–water partition coefficient (Wildman–Crippen LogP) is 5.45. The van der Waals surface area contributed by atoms with Crippen molar-refractivity contribution in [1.82, 2.24) is 14.5 Å². The number of nitrogens with one attached hydrogen (secondary N) is 1. The minimum absolute atomic E-state index is 0.0934. The molecule has 1 aliphatic heterocycles. The summed E-state index contributed by atoms with van der Waals surface area (Å²) in [6.45, 7) is 14.9. The molecule has 5 heteroatoms. The summed E-state index contributed by atoms with van der Waals surface area (Å²) in [5.41, 5.74) is 1.92. The fourth-order valence-electron chi connectivity index (χ4n) is 5.03. The first-order valence-electron chi connectivity index (χ1n) is 12.0. The molecule has 3 atom stereocenters. The van der Waals surface area contributed by atoms with E-state index in [1.807, 2.05) is 16.7 Å². The number of aromatic nitrogens is 2. The number of likely N-dealkylation sites (tertiary alicyclic amines) is 1. The molecule has 166 valence electrons. The van der Waals surface area contributed by atoms with Crippen molar-refractivity contribution in [3.63, 3.8) is 0 Å². The molecule has 3 rings (SSSR count). The van der Waals surface area contributed by atoms with Gasteiger partial charge in [0.05, 0.1) is 16.9 Å². The van der Waals surface area contributed by atoms with E-state index in [1.54, 1.807) is 0 Å². The van der Waals surface area contributed by atoms with Gasteiger partial charge < -0.3 is 5.32 Å². The Labute approximate surface area is 181 Å². The molecule has 0 saturated carbocycles. The van der Waals surface area contributed by atoms with Gasteiger partial charge in [0.25, 0.3) is 5.56 Å². The van der Waals surface area contributed by atoms with Gasteiger partial charge in [-0.15, -0.1) is 0 Å². The summed E-state index contributed by atoms with van der Waals surface area (Å²) in [5.74, 6) is 2.32. The topological polar surface area (TPSA) is 50.2 Å². The molecular formula is C25H40N4O. The molecule has 2 aromatic rings. The van der Waals surface area contributed by atoms with Gasteiger partial charge in [0, 0.05) is 31.9 Å². The second kappa shape index (κ2) is 10.4. The number of hydrogen-bond donors (Lipinski definition) is 1. The van der Waals surface area contributed by atoms with Crippen LogP contribution in [0.2, 0.25) is 0 Å². The molecule has 0 radical (unpaired) electrons. The molecule has 1 aliphatic rings. The summed E-state index contributed by atoms with van der Waals surface area (Å²) in [4.78, 5) is 21.1. The number of piperidine rings is 1. The number of fused-ring (bicyclic) bond motifs is 1. The van der Waals surface area contributed by atoms with Gasteiger partial charge in [0.1, 0.15) is 5.82 Å². The van der Waals surface area contributed by atoms with Crippen LogP contribution in [-0.2, 0) is 6.54 Å². The van der Waals surface area contributed by atoms with Gasteiger partial charge in [-0.2, -0.15) is 0 Å². The fraction of sp³-hybridized carbons (Fsp3) is 0.680. The van der Waals surface area contributed by atoms with E-state index in [0.717, 1.165) is 67.7 Å². The minimum Gasteiger partial charge on any atom is -0.385 e. The zero-order valence-corrected chi connectivity index (χ0v) is 19.6. The Morgan fingerprint density at radius 3 is 2.50 bits per heavy atom. The monoisotopic (exact) mass is 412 g/mol. The van der Waals surface area contributed by atoms with Crippen molar-refractivity contribution in [2.45, 2.75) is 79.3 Å². The summed E-state index contributed by atoms with van der Waals surface area (Å²) < 4.78 is 1.92.